The predicted octanol–water partition coefficient (Wildman–Crippen LogP) is 4.49. The molecule has 0 aliphatic rings. The van der Waals surface area contributed by atoms with E-state index in [9.17, 15) is 0 Å². The maximum absolute atomic E-state index is 5.37. The van der Waals surface area contributed by atoms with E-state index in [4.69, 9.17) is 4.42 Å². The number of furan rings is 1. The van der Waals surface area contributed by atoms with Crippen LogP contribution < -0.4 is 0 Å². The normalized spacial score (nSPS) is 12.3. The molecule has 0 unspecified atom stereocenters. The zero-order valence-corrected chi connectivity index (χ0v) is 10.2. The molecule has 0 saturated carbocycles. The zero-order valence-electron chi connectivity index (χ0n) is 8.60. The van der Waals surface area contributed by atoms with Gasteiger partial charge in [0.2, 0.25) is 0 Å². The summed E-state index contributed by atoms with van der Waals surface area (Å²) in [5, 5.41) is 1.16. The van der Waals surface area contributed by atoms with Crippen LogP contribution in [0.1, 0.15) is 26.3 Å². The number of benzene rings is 1. The van der Waals surface area contributed by atoms with Crippen LogP contribution >= 0.6 is 15.9 Å². The van der Waals surface area contributed by atoms with Gasteiger partial charge >= 0.3 is 0 Å². The molecular weight excluding hydrogens is 240 g/mol. The van der Waals surface area contributed by atoms with E-state index in [-0.39, 0.29) is 5.41 Å². The molecule has 1 heterocycles. The van der Waals surface area contributed by atoms with Gasteiger partial charge in [-0.15, -0.1) is 0 Å². The Morgan fingerprint density at radius 2 is 1.93 bits per heavy atom. The standard InChI is InChI=1S/C12H13BrO/c1-12(2,3)9-6-8-4-5-14-11(8)10(13)7-9/h4-7H,1-3H3. The van der Waals surface area contributed by atoms with Gasteiger partial charge in [-0.25, -0.2) is 0 Å². The Labute approximate surface area is 92.2 Å². The van der Waals surface area contributed by atoms with Gasteiger partial charge < -0.3 is 4.42 Å². The fourth-order valence-electron chi connectivity index (χ4n) is 1.47. The van der Waals surface area contributed by atoms with Crippen LogP contribution in [0, 0.1) is 0 Å². The molecule has 74 valence electrons. The third kappa shape index (κ3) is 1.59. The molecule has 1 aromatic heterocycles. The lowest BCUT2D eigenvalue weighted by atomic mass is 9.86. The topological polar surface area (TPSA) is 13.1 Å². The quantitative estimate of drug-likeness (QED) is 0.674. The minimum Gasteiger partial charge on any atom is -0.463 e. The lowest BCUT2D eigenvalue weighted by Crippen LogP contribution is -2.10. The molecule has 2 rings (SSSR count). The number of rotatable bonds is 0. The van der Waals surface area contributed by atoms with Gasteiger partial charge in [0.15, 0.2) is 0 Å². The molecule has 0 fully saturated rings. The summed E-state index contributed by atoms with van der Waals surface area (Å²) in [4.78, 5) is 0. The molecule has 0 amide bonds. The summed E-state index contributed by atoms with van der Waals surface area (Å²) in [7, 11) is 0. The van der Waals surface area contributed by atoms with E-state index >= 15 is 0 Å². The summed E-state index contributed by atoms with van der Waals surface area (Å²) < 4.78 is 6.40. The molecule has 0 saturated heterocycles. The largest absolute Gasteiger partial charge is 0.463 e. The van der Waals surface area contributed by atoms with Gasteiger partial charge in [-0.1, -0.05) is 20.8 Å². The molecule has 14 heavy (non-hydrogen) atoms. The fraction of sp³-hybridized carbons (Fsp3) is 0.333. The summed E-state index contributed by atoms with van der Waals surface area (Å²) in [5.41, 5.74) is 2.42. The lowest BCUT2D eigenvalue weighted by Gasteiger charge is -2.19. The first kappa shape index (κ1) is 9.78. The molecular formula is C12H13BrO. The summed E-state index contributed by atoms with van der Waals surface area (Å²) in [6.45, 7) is 6.63. The SMILES string of the molecule is CC(C)(C)c1cc(Br)c2occc2c1. The zero-order chi connectivity index (χ0) is 10.3. The number of hydrogen-bond acceptors (Lipinski definition) is 1. The van der Waals surface area contributed by atoms with E-state index in [0.717, 1.165) is 15.4 Å². The molecule has 0 aliphatic heterocycles. The van der Waals surface area contributed by atoms with Gasteiger partial charge in [0.05, 0.1) is 10.7 Å². The highest BCUT2D eigenvalue weighted by Gasteiger charge is 2.16. The third-order valence-corrected chi connectivity index (χ3v) is 2.96. The molecule has 2 aromatic rings. The molecule has 0 bridgehead atoms. The van der Waals surface area contributed by atoms with Gasteiger partial charge in [0.25, 0.3) is 0 Å². The van der Waals surface area contributed by atoms with Gasteiger partial charge in [-0.2, -0.15) is 0 Å². The maximum Gasteiger partial charge on any atom is 0.148 e. The molecule has 0 aliphatic carbocycles. The highest BCUT2D eigenvalue weighted by molar-refractivity contribution is 9.10. The van der Waals surface area contributed by atoms with Crippen LogP contribution in [-0.2, 0) is 5.41 Å². The van der Waals surface area contributed by atoms with Crippen molar-refractivity contribution < 1.29 is 4.42 Å². The molecule has 0 spiro atoms. The van der Waals surface area contributed by atoms with E-state index in [1.165, 1.54) is 5.56 Å². The smallest absolute Gasteiger partial charge is 0.148 e. The Balaban J connectivity index is 2.70. The Hall–Kier alpha value is -0.760. The Kier molecular flexibility index (Phi) is 2.18. The lowest BCUT2D eigenvalue weighted by molar-refractivity contribution is 0.588. The van der Waals surface area contributed by atoms with Crippen LogP contribution in [0.25, 0.3) is 11.0 Å². The molecule has 0 N–H and O–H groups in total. The van der Waals surface area contributed by atoms with Crippen LogP contribution in [0.2, 0.25) is 0 Å². The van der Waals surface area contributed by atoms with E-state index in [2.05, 4.69) is 48.8 Å². The number of fused-ring (bicyclic) bond motifs is 1. The van der Waals surface area contributed by atoms with Crippen molar-refractivity contribution in [3.63, 3.8) is 0 Å². The minimum absolute atomic E-state index is 0.175. The minimum atomic E-state index is 0.175. The third-order valence-electron chi connectivity index (χ3n) is 2.37. The first-order valence-corrected chi connectivity index (χ1v) is 5.45. The van der Waals surface area contributed by atoms with E-state index in [0.29, 0.717) is 0 Å². The van der Waals surface area contributed by atoms with Gasteiger partial charge in [-0.3, -0.25) is 0 Å². The van der Waals surface area contributed by atoms with Gasteiger partial charge in [-0.05, 0) is 45.1 Å². The molecule has 0 radical (unpaired) electrons. The summed E-state index contributed by atoms with van der Waals surface area (Å²) in [6.07, 6.45) is 1.72. The van der Waals surface area contributed by atoms with Crippen molar-refractivity contribution in [3.8, 4) is 0 Å². The van der Waals surface area contributed by atoms with Crippen molar-refractivity contribution >= 4 is 26.9 Å². The molecule has 0 atom stereocenters. The first-order valence-electron chi connectivity index (χ1n) is 4.66. The van der Waals surface area contributed by atoms with Gasteiger partial charge in [0.1, 0.15) is 5.58 Å². The van der Waals surface area contributed by atoms with E-state index in [1.54, 1.807) is 6.26 Å². The molecule has 1 nitrogen and oxygen atoms in total. The average molecular weight is 253 g/mol. The fourth-order valence-corrected chi connectivity index (χ4v) is 2.04. The number of hydrogen-bond donors (Lipinski definition) is 0. The summed E-state index contributed by atoms with van der Waals surface area (Å²) in [5.74, 6) is 0. The van der Waals surface area contributed by atoms with Crippen molar-refractivity contribution in [1.82, 2.24) is 0 Å². The number of halogens is 1. The highest BCUT2D eigenvalue weighted by Crippen LogP contribution is 2.32. The second-order valence-electron chi connectivity index (χ2n) is 4.55. The summed E-state index contributed by atoms with van der Waals surface area (Å²) >= 11 is 3.53. The highest BCUT2D eigenvalue weighted by atomic mass is 79.9. The second-order valence-corrected chi connectivity index (χ2v) is 5.40. The average Bonchev–Trinajstić information content (AvgIpc) is 2.50. The maximum atomic E-state index is 5.37. The van der Waals surface area contributed by atoms with Crippen molar-refractivity contribution in [2.24, 2.45) is 0 Å². The Morgan fingerprint density at radius 1 is 1.21 bits per heavy atom. The van der Waals surface area contributed by atoms with Crippen LogP contribution in [-0.4, -0.2) is 0 Å². The molecule has 2 heteroatoms. The van der Waals surface area contributed by atoms with E-state index < -0.39 is 0 Å². The first-order chi connectivity index (χ1) is 6.48. The van der Waals surface area contributed by atoms with Crippen LogP contribution in [0.5, 0.6) is 0 Å². The van der Waals surface area contributed by atoms with Crippen LogP contribution in [0.15, 0.2) is 33.4 Å². The van der Waals surface area contributed by atoms with Crippen LogP contribution in [0.3, 0.4) is 0 Å². The summed E-state index contributed by atoms with van der Waals surface area (Å²) in [6, 6.07) is 6.31. The van der Waals surface area contributed by atoms with Gasteiger partial charge in [0, 0.05) is 5.39 Å². The second kappa shape index (κ2) is 3.13. The Bertz CT molecular complexity index is 463. The van der Waals surface area contributed by atoms with E-state index in [1.807, 2.05) is 6.07 Å². The van der Waals surface area contributed by atoms with Crippen molar-refractivity contribution in [3.05, 3.63) is 34.5 Å². The van der Waals surface area contributed by atoms with Crippen LogP contribution in [0.4, 0.5) is 0 Å². The molecule has 1 aromatic carbocycles. The van der Waals surface area contributed by atoms with Crippen molar-refractivity contribution in [1.29, 1.82) is 0 Å². The van der Waals surface area contributed by atoms with Crippen molar-refractivity contribution in [2.75, 3.05) is 0 Å². The predicted molar refractivity (Wildman–Crippen MR) is 62.6 cm³/mol. The monoisotopic (exact) mass is 252 g/mol. The Morgan fingerprint density at radius 3 is 2.57 bits per heavy atom. The van der Waals surface area contributed by atoms with Crippen molar-refractivity contribution in [2.45, 2.75) is 26.2 Å².